The molecule has 1 heterocycles. The molecule has 0 atom stereocenters. The molecule has 0 bridgehead atoms. The minimum absolute atomic E-state index is 0.275. The van der Waals surface area contributed by atoms with Gasteiger partial charge in [0.15, 0.2) is 0 Å². The Bertz CT molecular complexity index is 1050. The maximum atomic E-state index is 12.3. The standard InChI is InChI=1S/C23H23N3O3/c1-4-29-23(28)20-12-8-9-13-21(20)26-16(2)14-19(17(26)3)15-24-25-22(27)18-10-6-5-7-11-18/h5-15H,4H2,1-3H3,(H,25,27)/b24-15-. The molecule has 0 saturated heterocycles. The zero-order valence-corrected chi connectivity index (χ0v) is 16.7. The fourth-order valence-electron chi connectivity index (χ4n) is 3.15. The first-order valence-corrected chi connectivity index (χ1v) is 9.36. The second-order valence-corrected chi connectivity index (χ2v) is 6.46. The Morgan fingerprint density at radius 3 is 2.48 bits per heavy atom. The first-order valence-electron chi connectivity index (χ1n) is 9.36. The predicted molar refractivity (Wildman–Crippen MR) is 113 cm³/mol. The van der Waals surface area contributed by atoms with Crippen molar-refractivity contribution >= 4 is 18.1 Å². The first kappa shape index (κ1) is 20.1. The average molecular weight is 389 g/mol. The summed E-state index contributed by atoms with van der Waals surface area (Å²) in [7, 11) is 0. The number of nitrogens with one attached hydrogen (secondary N) is 1. The third-order valence-corrected chi connectivity index (χ3v) is 4.52. The number of nitrogens with zero attached hydrogens (tertiary/aromatic N) is 2. The Balaban J connectivity index is 1.86. The zero-order chi connectivity index (χ0) is 20.8. The number of esters is 1. The highest BCUT2D eigenvalue weighted by Gasteiger charge is 2.17. The zero-order valence-electron chi connectivity index (χ0n) is 16.7. The van der Waals surface area contributed by atoms with Gasteiger partial charge in [-0.05, 0) is 51.1 Å². The molecule has 0 radical (unpaired) electrons. The maximum Gasteiger partial charge on any atom is 0.340 e. The fraction of sp³-hybridized carbons (Fsp3) is 0.174. The van der Waals surface area contributed by atoms with Crippen LogP contribution in [0.4, 0.5) is 0 Å². The molecular formula is C23H23N3O3. The molecule has 0 saturated carbocycles. The number of hydrogen-bond acceptors (Lipinski definition) is 4. The van der Waals surface area contributed by atoms with Crippen molar-refractivity contribution in [1.29, 1.82) is 0 Å². The van der Waals surface area contributed by atoms with E-state index in [-0.39, 0.29) is 11.9 Å². The smallest absolute Gasteiger partial charge is 0.340 e. The molecule has 0 aliphatic rings. The number of hydrazone groups is 1. The third kappa shape index (κ3) is 4.43. The van der Waals surface area contributed by atoms with Gasteiger partial charge in [-0.2, -0.15) is 5.10 Å². The Hall–Kier alpha value is -3.67. The Kier molecular flexibility index (Phi) is 6.24. The SMILES string of the molecule is CCOC(=O)c1ccccc1-n1c(C)cc(/C=N\NC(=O)c2ccccc2)c1C. The van der Waals surface area contributed by atoms with Crippen LogP contribution in [0.5, 0.6) is 0 Å². The minimum atomic E-state index is -0.360. The second-order valence-electron chi connectivity index (χ2n) is 6.46. The highest BCUT2D eigenvalue weighted by atomic mass is 16.5. The molecule has 6 heteroatoms. The van der Waals surface area contributed by atoms with Crippen molar-refractivity contribution in [2.45, 2.75) is 20.8 Å². The molecule has 148 valence electrons. The summed E-state index contributed by atoms with van der Waals surface area (Å²) in [6.45, 7) is 5.99. The van der Waals surface area contributed by atoms with Crippen molar-refractivity contribution in [3.63, 3.8) is 0 Å². The summed E-state index contributed by atoms with van der Waals surface area (Å²) in [5, 5.41) is 4.08. The van der Waals surface area contributed by atoms with Gasteiger partial charge in [0.25, 0.3) is 5.91 Å². The van der Waals surface area contributed by atoms with E-state index in [1.54, 1.807) is 43.5 Å². The predicted octanol–water partition coefficient (Wildman–Crippen LogP) is 4.03. The van der Waals surface area contributed by atoms with Crippen LogP contribution in [0.2, 0.25) is 0 Å². The van der Waals surface area contributed by atoms with E-state index < -0.39 is 0 Å². The molecule has 3 aromatic rings. The van der Waals surface area contributed by atoms with Gasteiger partial charge in [0.2, 0.25) is 0 Å². The molecule has 0 aliphatic carbocycles. The summed E-state index contributed by atoms with van der Waals surface area (Å²) in [5.41, 5.74) is 7.00. The van der Waals surface area contributed by atoms with Crippen LogP contribution in [0.25, 0.3) is 5.69 Å². The first-order chi connectivity index (χ1) is 14.0. The molecule has 3 rings (SSSR count). The van der Waals surface area contributed by atoms with E-state index in [2.05, 4.69) is 10.5 Å². The number of para-hydroxylation sites is 1. The van der Waals surface area contributed by atoms with Crippen LogP contribution in [0, 0.1) is 13.8 Å². The Labute approximate surface area is 169 Å². The van der Waals surface area contributed by atoms with Gasteiger partial charge in [0.05, 0.1) is 24.1 Å². The van der Waals surface area contributed by atoms with Gasteiger partial charge in [0, 0.05) is 22.5 Å². The molecule has 0 aliphatic heterocycles. The van der Waals surface area contributed by atoms with E-state index in [0.717, 1.165) is 22.6 Å². The largest absolute Gasteiger partial charge is 0.462 e. The molecule has 0 fully saturated rings. The van der Waals surface area contributed by atoms with Crippen LogP contribution in [-0.2, 0) is 4.74 Å². The quantitative estimate of drug-likeness (QED) is 0.393. The van der Waals surface area contributed by atoms with Crippen LogP contribution in [0.15, 0.2) is 65.8 Å². The van der Waals surface area contributed by atoms with Gasteiger partial charge in [-0.3, -0.25) is 4.79 Å². The lowest BCUT2D eigenvalue weighted by Gasteiger charge is -2.14. The van der Waals surface area contributed by atoms with E-state index >= 15 is 0 Å². The molecule has 1 N–H and O–H groups in total. The number of benzene rings is 2. The number of aromatic nitrogens is 1. The maximum absolute atomic E-state index is 12.3. The van der Waals surface area contributed by atoms with E-state index in [1.807, 2.05) is 48.7 Å². The van der Waals surface area contributed by atoms with Gasteiger partial charge in [-0.1, -0.05) is 30.3 Å². The highest BCUT2D eigenvalue weighted by Crippen LogP contribution is 2.23. The lowest BCUT2D eigenvalue weighted by molar-refractivity contribution is 0.0526. The summed E-state index contributed by atoms with van der Waals surface area (Å²) in [6.07, 6.45) is 1.60. The second kappa shape index (κ2) is 9.01. The monoisotopic (exact) mass is 389 g/mol. The number of amides is 1. The summed E-state index contributed by atoms with van der Waals surface area (Å²) in [6, 6.07) is 18.2. The van der Waals surface area contributed by atoms with Crippen molar-refractivity contribution in [1.82, 2.24) is 9.99 Å². The molecule has 1 amide bonds. The van der Waals surface area contributed by atoms with Crippen LogP contribution in [0.3, 0.4) is 0 Å². The molecule has 1 aromatic heterocycles. The van der Waals surface area contributed by atoms with Crippen LogP contribution in [0.1, 0.15) is 44.6 Å². The normalized spacial score (nSPS) is 10.9. The molecule has 2 aromatic carbocycles. The summed E-state index contributed by atoms with van der Waals surface area (Å²) in [5.74, 6) is -0.635. The summed E-state index contributed by atoms with van der Waals surface area (Å²) >= 11 is 0. The van der Waals surface area contributed by atoms with Gasteiger partial charge in [-0.25, -0.2) is 10.2 Å². The topological polar surface area (TPSA) is 72.7 Å². The van der Waals surface area contributed by atoms with Crippen LogP contribution < -0.4 is 5.43 Å². The molecule has 0 spiro atoms. The van der Waals surface area contributed by atoms with Crippen molar-refractivity contribution in [3.05, 3.63) is 88.7 Å². The average Bonchev–Trinajstić information content (AvgIpc) is 3.02. The number of hydrogen-bond donors (Lipinski definition) is 1. The van der Waals surface area contributed by atoms with E-state index in [0.29, 0.717) is 17.7 Å². The highest BCUT2D eigenvalue weighted by molar-refractivity contribution is 5.95. The Morgan fingerprint density at radius 1 is 1.07 bits per heavy atom. The lowest BCUT2D eigenvalue weighted by atomic mass is 10.1. The lowest BCUT2D eigenvalue weighted by Crippen LogP contribution is -2.17. The third-order valence-electron chi connectivity index (χ3n) is 4.52. The van der Waals surface area contributed by atoms with E-state index in [4.69, 9.17) is 4.74 Å². The minimum Gasteiger partial charge on any atom is -0.462 e. The van der Waals surface area contributed by atoms with E-state index in [9.17, 15) is 9.59 Å². The van der Waals surface area contributed by atoms with Crippen LogP contribution in [-0.4, -0.2) is 29.3 Å². The van der Waals surface area contributed by atoms with Gasteiger partial charge < -0.3 is 9.30 Å². The van der Waals surface area contributed by atoms with E-state index in [1.165, 1.54) is 0 Å². The van der Waals surface area contributed by atoms with Crippen molar-refractivity contribution in [3.8, 4) is 5.69 Å². The van der Waals surface area contributed by atoms with Gasteiger partial charge in [0.1, 0.15) is 0 Å². The number of carbonyl (C=O) groups is 2. The van der Waals surface area contributed by atoms with Crippen molar-refractivity contribution in [2.24, 2.45) is 5.10 Å². The fourth-order valence-corrected chi connectivity index (χ4v) is 3.15. The van der Waals surface area contributed by atoms with Gasteiger partial charge >= 0.3 is 5.97 Å². The van der Waals surface area contributed by atoms with Crippen molar-refractivity contribution < 1.29 is 14.3 Å². The summed E-state index contributed by atoms with van der Waals surface area (Å²) < 4.78 is 7.16. The van der Waals surface area contributed by atoms with Gasteiger partial charge in [-0.15, -0.1) is 0 Å². The number of aryl methyl sites for hydroxylation is 1. The molecule has 0 unspecified atom stereocenters. The van der Waals surface area contributed by atoms with Crippen molar-refractivity contribution in [2.75, 3.05) is 6.61 Å². The molecular weight excluding hydrogens is 366 g/mol. The number of rotatable bonds is 6. The number of ether oxygens (including phenoxy) is 1. The molecule has 29 heavy (non-hydrogen) atoms. The van der Waals surface area contributed by atoms with Crippen LogP contribution >= 0.6 is 0 Å². The molecule has 6 nitrogen and oxygen atoms in total. The Morgan fingerprint density at radius 2 is 1.76 bits per heavy atom. The summed E-state index contributed by atoms with van der Waals surface area (Å²) in [4.78, 5) is 24.5. The number of carbonyl (C=O) groups excluding carboxylic acids is 2.